The molecule has 1 N–H and O–H groups in total. The molecule has 1 atom stereocenters. The molecule has 1 aromatic rings. The molecule has 0 saturated carbocycles. The van der Waals surface area contributed by atoms with Gasteiger partial charge in [-0.2, -0.15) is 0 Å². The molecule has 0 fully saturated rings. The Morgan fingerprint density at radius 3 is 2.76 bits per heavy atom. The molecule has 0 saturated heterocycles. The molecule has 0 aliphatic carbocycles. The predicted octanol–water partition coefficient (Wildman–Crippen LogP) is 3.18. The number of unbranched alkanes of at least 4 members (excludes halogenated alkanes) is 1. The number of hydrogen-bond acceptors (Lipinski definition) is 2. The molecule has 17 heavy (non-hydrogen) atoms. The lowest BCUT2D eigenvalue weighted by atomic mass is 10.0. The van der Waals surface area contributed by atoms with E-state index >= 15 is 0 Å². The Balaban J connectivity index is 2.69. The molecule has 0 aliphatic heterocycles. The van der Waals surface area contributed by atoms with Crippen molar-refractivity contribution in [3.8, 4) is 5.75 Å². The van der Waals surface area contributed by atoms with Crippen molar-refractivity contribution in [3.63, 3.8) is 0 Å². The Labute approximate surface area is 103 Å². The zero-order chi connectivity index (χ0) is 12.8. The molecule has 0 radical (unpaired) electrons. The maximum atomic E-state index is 12.1. The van der Waals surface area contributed by atoms with Crippen molar-refractivity contribution >= 4 is 11.6 Å². The van der Waals surface area contributed by atoms with Gasteiger partial charge < -0.3 is 10.0 Å². The maximum Gasteiger partial charge on any atom is 0.229 e. The average molecular weight is 235 g/mol. The van der Waals surface area contributed by atoms with E-state index in [1.54, 1.807) is 30.1 Å². The van der Waals surface area contributed by atoms with Crippen molar-refractivity contribution in [1.29, 1.82) is 0 Å². The van der Waals surface area contributed by atoms with Crippen LogP contribution in [0.5, 0.6) is 5.75 Å². The zero-order valence-corrected chi connectivity index (χ0v) is 10.8. The number of carbonyl (C=O) groups excluding carboxylic acids is 1. The van der Waals surface area contributed by atoms with Crippen LogP contribution in [0.4, 0.5) is 5.69 Å². The average Bonchev–Trinajstić information content (AvgIpc) is 2.34. The molecule has 1 amide bonds. The molecule has 0 aliphatic rings. The zero-order valence-electron chi connectivity index (χ0n) is 10.8. The summed E-state index contributed by atoms with van der Waals surface area (Å²) in [6, 6.07) is 6.77. The second kappa shape index (κ2) is 6.28. The third kappa shape index (κ3) is 3.77. The van der Waals surface area contributed by atoms with E-state index in [1.807, 2.05) is 13.0 Å². The summed E-state index contributed by atoms with van der Waals surface area (Å²) in [7, 11) is 1.75. The summed E-state index contributed by atoms with van der Waals surface area (Å²) in [6.07, 6.45) is 3.09. The smallest absolute Gasteiger partial charge is 0.229 e. The van der Waals surface area contributed by atoms with E-state index in [0.29, 0.717) is 0 Å². The van der Waals surface area contributed by atoms with Gasteiger partial charge in [-0.05, 0) is 18.6 Å². The van der Waals surface area contributed by atoms with E-state index in [9.17, 15) is 9.90 Å². The van der Waals surface area contributed by atoms with Crippen molar-refractivity contribution in [2.45, 2.75) is 33.1 Å². The fourth-order valence-electron chi connectivity index (χ4n) is 1.79. The number of benzene rings is 1. The minimum atomic E-state index is 0.0299. The first-order chi connectivity index (χ1) is 8.06. The third-order valence-corrected chi connectivity index (χ3v) is 2.96. The largest absolute Gasteiger partial charge is 0.508 e. The number of nitrogens with zero attached hydrogens (tertiary/aromatic N) is 1. The van der Waals surface area contributed by atoms with Gasteiger partial charge in [-0.25, -0.2) is 0 Å². The molecular weight excluding hydrogens is 214 g/mol. The Hall–Kier alpha value is -1.51. The molecular formula is C14H21NO2. The number of phenolic OH excluding ortho intramolecular Hbond substituents is 1. The summed E-state index contributed by atoms with van der Waals surface area (Å²) in [6.45, 7) is 4.08. The Morgan fingerprint density at radius 2 is 2.18 bits per heavy atom. The first kappa shape index (κ1) is 13.6. The van der Waals surface area contributed by atoms with Gasteiger partial charge in [0.1, 0.15) is 5.75 Å². The number of anilines is 1. The lowest BCUT2D eigenvalue weighted by Crippen LogP contribution is -2.31. The van der Waals surface area contributed by atoms with Gasteiger partial charge in [0.25, 0.3) is 0 Å². The van der Waals surface area contributed by atoms with Crippen LogP contribution in [0.1, 0.15) is 33.1 Å². The van der Waals surface area contributed by atoms with Crippen molar-refractivity contribution < 1.29 is 9.90 Å². The van der Waals surface area contributed by atoms with Gasteiger partial charge in [-0.3, -0.25) is 4.79 Å². The monoisotopic (exact) mass is 235 g/mol. The van der Waals surface area contributed by atoms with Gasteiger partial charge in [0.15, 0.2) is 0 Å². The van der Waals surface area contributed by atoms with Crippen LogP contribution in [0.2, 0.25) is 0 Å². The van der Waals surface area contributed by atoms with Crippen molar-refractivity contribution in [2.24, 2.45) is 5.92 Å². The van der Waals surface area contributed by atoms with Gasteiger partial charge in [0, 0.05) is 24.7 Å². The highest BCUT2D eigenvalue weighted by molar-refractivity contribution is 5.94. The highest BCUT2D eigenvalue weighted by Crippen LogP contribution is 2.21. The van der Waals surface area contributed by atoms with E-state index in [4.69, 9.17) is 0 Å². The number of aromatic hydroxyl groups is 1. The minimum absolute atomic E-state index is 0.0299. The topological polar surface area (TPSA) is 40.5 Å². The summed E-state index contributed by atoms with van der Waals surface area (Å²) in [4.78, 5) is 13.7. The number of hydrogen-bond donors (Lipinski definition) is 1. The van der Waals surface area contributed by atoms with Crippen LogP contribution < -0.4 is 4.90 Å². The van der Waals surface area contributed by atoms with E-state index < -0.39 is 0 Å². The standard InChI is InChI=1S/C14H21NO2/c1-4-5-7-11(2)14(17)15(3)12-8-6-9-13(16)10-12/h6,8-11,16H,4-5,7H2,1-3H3. The highest BCUT2D eigenvalue weighted by Gasteiger charge is 2.18. The fourth-order valence-corrected chi connectivity index (χ4v) is 1.79. The van der Waals surface area contributed by atoms with E-state index in [-0.39, 0.29) is 17.6 Å². The molecule has 3 heteroatoms. The summed E-state index contributed by atoms with van der Waals surface area (Å²) in [5.74, 6) is 0.315. The van der Waals surface area contributed by atoms with E-state index in [2.05, 4.69) is 6.92 Å². The van der Waals surface area contributed by atoms with Crippen molar-refractivity contribution in [3.05, 3.63) is 24.3 Å². The van der Waals surface area contributed by atoms with Gasteiger partial charge in [-0.15, -0.1) is 0 Å². The first-order valence-electron chi connectivity index (χ1n) is 6.12. The van der Waals surface area contributed by atoms with Crippen LogP contribution in [0.25, 0.3) is 0 Å². The highest BCUT2D eigenvalue weighted by atomic mass is 16.3. The first-order valence-corrected chi connectivity index (χ1v) is 6.12. The van der Waals surface area contributed by atoms with Crippen molar-refractivity contribution in [1.82, 2.24) is 0 Å². The molecule has 0 heterocycles. The summed E-state index contributed by atoms with van der Waals surface area (Å²) in [5, 5.41) is 9.39. The van der Waals surface area contributed by atoms with Crippen LogP contribution in [0.15, 0.2) is 24.3 Å². The molecule has 1 aromatic carbocycles. The third-order valence-electron chi connectivity index (χ3n) is 2.96. The Kier molecular flexibility index (Phi) is 5.01. The van der Waals surface area contributed by atoms with Crippen LogP contribution in [-0.2, 0) is 4.79 Å². The second-order valence-corrected chi connectivity index (χ2v) is 4.46. The Bertz CT molecular complexity index is 376. The van der Waals surface area contributed by atoms with E-state index in [1.165, 1.54) is 0 Å². The van der Waals surface area contributed by atoms with Crippen LogP contribution in [0, 0.1) is 5.92 Å². The molecule has 3 nitrogen and oxygen atoms in total. The number of phenols is 1. The van der Waals surface area contributed by atoms with Crippen LogP contribution in [-0.4, -0.2) is 18.1 Å². The quantitative estimate of drug-likeness (QED) is 0.851. The number of amides is 1. The number of carbonyl (C=O) groups is 1. The molecule has 1 rings (SSSR count). The molecule has 0 bridgehead atoms. The van der Waals surface area contributed by atoms with Crippen LogP contribution >= 0.6 is 0 Å². The maximum absolute atomic E-state index is 12.1. The van der Waals surface area contributed by atoms with E-state index in [0.717, 1.165) is 24.9 Å². The summed E-state index contributed by atoms with van der Waals surface area (Å²) < 4.78 is 0. The van der Waals surface area contributed by atoms with Crippen LogP contribution in [0.3, 0.4) is 0 Å². The normalized spacial score (nSPS) is 12.2. The lowest BCUT2D eigenvalue weighted by Gasteiger charge is -2.21. The summed E-state index contributed by atoms with van der Waals surface area (Å²) in [5.41, 5.74) is 0.735. The minimum Gasteiger partial charge on any atom is -0.508 e. The SMILES string of the molecule is CCCCC(C)C(=O)N(C)c1cccc(O)c1. The van der Waals surface area contributed by atoms with Gasteiger partial charge in [0.2, 0.25) is 5.91 Å². The Morgan fingerprint density at radius 1 is 1.47 bits per heavy atom. The molecule has 1 unspecified atom stereocenters. The lowest BCUT2D eigenvalue weighted by molar-refractivity contribution is -0.121. The fraction of sp³-hybridized carbons (Fsp3) is 0.500. The van der Waals surface area contributed by atoms with Gasteiger partial charge in [0.05, 0.1) is 0 Å². The predicted molar refractivity (Wildman–Crippen MR) is 70.2 cm³/mol. The second-order valence-electron chi connectivity index (χ2n) is 4.46. The van der Waals surface area contributed by atoms with Gasteiger partial charge in [-0.1, -0.05) is 32.8 Å². The molecule has 94 valence electrons. The van der Waals surface area contributed by atoms with Gasteiger partial charge >= 0.3 is 0 Å². The summed E-state index contributed by atoms with van der Waals surface area (Å²) >= 11 is 0. The molecule has 0 spiro atoms. The number of rotatable bonds is 5. The molecule has 0 aromatic heterocycles. The van der Waals surface area contributed by atoms with Crippen molar-refractivity contribution in [2.75, 3.05) is 11.9 Å².